The Morgan fingerprint density at radius 3 is 2.60 bits per heavy atom. The number of hydrogen-bond acceptors (Lipinski definition) is 5. The first kappa shape index (κ1) is 12.5. The number of aliphatic hydroxyl groups is 1. The fourth-order valence-corrected chi connectivity index (χ4v) is 2.15. The Morgan fingerprint density at radius 2 is 1.80 bits per heavy atom. The minimum Gasteiger partial charge on any atom is -0.384 e. The Labute approximate surface area is 116 Å². The normalized spacial score (nSPS) is 12.5. The van der Waals surface area contributed by atoms with Crippen molar-refractivity contribution < 1.29 is 5.11 Å². The lowest BCUT2D eigenvalue weighted by molar-refractivity contribution is 0.221. The first-order valence-corrected chi connectivity index (χ1v) is 6.26. The zero-order valence-electron chi connectivity index (χ0n) is 11.0. The third-order valence-corrected chi connectivity index (χ3v) is 3.19. The second-order valence-corrected chi connectivity index (χ2v) is 4.69. The summed E-state index contributed by atoms with van der Waals surface area (Å²) in [6, 6.07) is 7.31. The number of anilines is 1. The van der Waals surface area contributed by atoms with Gasteiger partial charge in [-0.05, 0) is 36.2 Å². The molecule has 1 aromatic carbocycles. The van der Waals surface area contributed by atoms with E-state index < -0.39 is 6.10 Å². The van der Waals surface area contributed by atoms with Crippen LogP contribution >= 0.6 is 0 Å². The number of rotatable bonds is 2. The van der Waals surface area contributed by atoms with E-state index in [0.717, 1.165) is 22.2 Å². The number of benzene rings is 1. The molecule has 3 N–H and O–H groups in total. The average molecular weight is 266 g/mol. The van der Waals surface area contributed by atoms with Gasteiger partial charge in [0.15, 0.2) is 0 Å². The molecule has 0 radical (unpaired) electrons. The molecule has 20 heavy (non-hydrogen) atoms. The molecule has 0 fully saturated rings. The van der Waals surface area contributed by atoms with Gasteiger partial charge in [0.1, 0.15) is 11.9 Å². The molecule has 2 aromatic heterocycles. The third kappa shape index (κ3) is 2.19. The molecular formula is C15H14N4O. The van der Waals surface area contributed by atoms with Crippen molar-refractivity contribution in [1.82, 2.24) is 15.0 Å². The van der Waals surface area contributed by atoms with E-state index in [1.807, 2.05) is 31.2 Å². The Kier molecular flexibility index (Phi) is 3.04. The summed E-state index contributed by atoms with van der Waals surface area (Å²) in [6.07, 6.45) is 4.12. The highest BCUT2D eigenvalue weighted by Crippen LogP contribution is 2.27. The van der Waals surface area contributed by atoms with E-state index >= 15 is 0 Å². The van der Waals surface area contributed by atoms with Crippen LogP contribution in [-0.4, -0.2) is 20.1 Å². The summed E-state index contributed by atoms with van der Waals surface area (Å²) < 4.78 is 0. The molecule has 0 aliphatic heterocycles. The van der Waals surface area contributed by atoms with Gasteiger partial charge in [-0.3, -0.25) is 9.97 Å². The first-order chi connectivity index (χ1) is 9.65. The van der Waals surface area contributed by atoms with Crippen molar-refractivity contribution in [3.05, 3.63) is 59.5 Å². The van der Waals surface area contributed by atoms with Crippen LogP contribution in [0.2, 0.25) is 0 Å². The lowest BCUT2D eigenvalue weighted by Gasteiger charge is -2.14. The lowest BCUT2D eigenvalue weighted by atomic mass is 10.0. The molecule has 100 valence electrons. The zero-order valence-corrected chi connectivity index (χ0v) is 11.0. The van der Waals surface area contributed by atoms with E-state index in [-0.39, 0.29) is 0 Å². The van der Waals surface area contributed by atoms with Crippen LogP contribution in [0, 0.1) is 6.92 Å². The lowest BCUT2D eigenvalue weighted by Crippen LogP contribution is -2.06. The number of aliphatic hydroxyl groups excluding tert-OH is 1. The van der Waals surface area contributed by atoms with E-state index in [1.165, 1.54) is 0 Å². The first-order valence-electron chi connectivity index (χ1n) is 6.26. The molecule has 0 amide bonds. The number of fused-ring (bicyclic) bond motifs is 1. The quantitative estimate of drug-likeness (QED) is 0.741. The number of nitrogens with zero attached hydrogens (tertiary/aromatic N) is 3. The Morgan fingerprint density at radius 1 is 1.05 bits per heavy atom. The van der Waals surface area contributed by atoms with Crippen molar-refractivity contribution >= 4 is 16.9 Å². The molecule has 3 aromatic rings. The van der Waals surface area contributed by atoms with Crippen molar-refractivity contribution in [2.24, 2.45) is 0 Å². The molecule has 1 unspecified atom stereocenters. The number of aryl methyl sites for hydroxylation is 1. The topological polar surface area (TPSA) is 84.9 Å². The van der Waals surface area contributed by atoms with Gasteiger partial charge in [-0.2, -0.15) is 0 Å². The second kappa shape index (κ2) is 4.86. The highest BCUT2D eigenvalue weighted by Gasteiger charge is 2.15. The third-order valence-electron chi connectivity index (χ3n) is 3.19. The van der Waals surface area contributed by atoms with Crippen LogP contribution in [0.25, 0.3) is 11.0 Å². The zero-order chi connectivity index (χ0) is 14.1. The van der Waals surface area contributed by atoms with Gasteiger partial charge in [0.2, 0.25) is 0 Å². The number of nitrogens with two attached hydrogens (primary N) is 1. The molecule has 5 heteroatoms. The summed E-state index contributed by atoms with van der Waals surface area (Å²) in [5.74, 6) is 0.336. The number of hydrogen-bond donors (Lipinski definition) is 2. The fraction of sp³-hybridized carbons (Fsp3) is 0.133. The molecule has 0 aliphatic carbocycles. The number of aromatic nitrogens is 3. The largest absolute Gasteiger partial charge is 0.384 e. The summed E-state index contributed by atoms with van der Waals surface area (Å²) in [5, 5.41) is 10.5. The number of nitrogen functional groups attached to an aromatic ring is 1. The maximum absolute atomic E-state index is 10.5. The van der Waals surface area contributed by atoms with Crippen molar-refractivity contribution in [1.29, 1.82) is 0 Å². The van der Waals surface area contributed by atoms with Crippen molar-refractivity contribution in [2.75, 3.05) is 5.73 Å². The van der Waals surface area contributed by atoms with E-state index in [1.54, 1.807) is 18.6 Å². The fourth-order valence-electron chi connectivity index (χ4n) is 2.15. The molecule has 0 spiro atoms. The molecule has 0 saturated heterocycles. The molecule has 0 saturated carbocycles. The molecule has 5 nitrogen and oxygen atoms in total. The van der Waals surface area contributed by atoms with Crippen LogP contribution in [0.5, 0.6) is 0 Å². The van der Waals surface area contributed by atoms with E-state index in [2.05, 4.69) is 15.0 Å². The van der Waals surface area contributed by atoms with Gasteiger partial charge >= 0.3 is 0 Å². The Bertz CT molecular complexity index is 773. The predicted molar refractivity (Wildman–Crippen MR) is 77.0 cm³/mol. The molecule has 2 heterocycles. The standard InChI is InChI=1S/C15H14N4O/c1-9-6-11(15(16)19-8-9)14(20)10-2-3-12-13(7-10)18-5-4-17-12/h2-8,14,20H,1H3,(H2,16,19). The van der Waals surface area contributed by atoms with Crippen LogP contribution in [-0.2, 0) is 0 Å². The SMILES string of the molecule is Cc1cnc(N)c(C(O)c2ccc3nccnc3c2)c1. The predicted octanol–water partition coefficient (Wildman–Crippen LogP) is 2.00. The summed E-state index contributed by atoms with van der Waals surface area (Å²) in [4.78, 5) is 12.5. The van der Waals surface area contributed by atoms with Gasteiger partial charge in [-0.1, -0.05) is 6.07 Å². The van der Waals surface area contributed by atoms with Crippen molar-refractivity contribution in [3.63, 3.8) is 0 Å². The molecule has 1 atom stereocenters. The summed E-state index contributed by atoms with van der Waals surface area (Å²) in [5.41, 5.74) is 9.65. The van der Waals surface area contributed by atoms with Crippen LogP contribution in [0.4, 0.5) is 5.82 Å². The summed E-state index contributed by atoms with van der Waals surface area (Å²) in [6.45, 7) is 1.91. The van der Waals surface area contributed by atoms with Crippen LogP contribution < -0.4 is 5.73 Å². The van der Waals surface area contributed by atoms with Crippen LogP contribution in [0.1, 0.15) is 22.8 Å². The van der Waals surface area contributed by atoms with Crippen molar-refractivity contribution in [2.45, 2.75) is 13.0 Å². The van der Waals surface area contributed by atoms with Gasteiger partial charge < -0.3 is 10.8 Å². The maximum atomic E-state index is 10.5. The molecule has 3 rings (SSSR count). The van der Waals surface area contributed by atoms with Crippen LogP contribution in [0.15, 0.2) is 42.9 Å². The maximum Gasteiger partial charge on any atom is 0.129 e. The van der Waals surface area contributed by atoms with Gasteiger partial charge in [0, 0.05) is 24.2 Å². The summed E-state index contributed by atoms with van der Waals surface area (Å²) >= 11 is 0. The van der Waals surface area contributed by atoms with E-state index in [4.69, 9.17) is 5.73 Å². The van der Waals surface area contributed by atoms with Crippen LogP contribution in [0.3, 0.4) is 0 Å². The van der Waals surface area contributed by atoms with Gasteiger partial charge in [0.25, 0.3) is 0 Å². The highest BCUT2D eigenvalue weighted by atomic mass is 16.3. The minimum atomic E-state index is -0.825. The molecule has 0 bridgehead atoms. The Hall–Kier alpha value is -2.53. The second-order valence-electron chi connectivity index (χ2n) is 4.69. The van der Waals surface area contributed by atoms with Gasteiger partial charge in [-0.25, -0.2) is 4.98 Å². The van der Waals surface area contributed by atoms with Gasteiger partial charge in [-0.15, -0.1) is 0 Å². The average Bonchev–Trinajstić information content (AvgIpc) is 2.48. The van der Waals surface area contributed by atoms with Crippen molar-refractivity contribution in [3.8, 4) is 0 Å². The highest BCUT2D eigenvalue weighted by molar-refractivity contribution is 5.74. The smallest absolute Gasteiger partial charge is 0.129 e. The van der Waals surface area contributed by atoms with E-state index in [0.29, 0.717) is 11.4 Å². The molecule has 0 aliphatic rings. The number of pyridine rings is 1. The monoisotopic (exact) mass is 266 g/mol. The minimum absolute atomic E-state index is 0.336. The Balaban J connectivity index is 2.07. The summed E-state index contributed by atoms with van der Waals surface area (Å²) in [7, 11) is 0. The molecular weight excluding hydrogens is 252 g/mol. The van der Waals surface area contributed by atoms with E-state index in [9.17, 15) is 5.11 Å². The van der Waals surface area contributed by atoms with Gasteiger partial charge in [0.05, 0.1) is 11.0 Å².